The standard InChI is InChI=1S/C25H30N6O4/c1-15-6-7-17(10-26-15)22-18(16(2)35-29-22)8-19-20(9-21(32)28-27-19)30-11-25(12-30)13-31(14-25)23(33)34-24(3,4)5/h6-7,9-10H,8,11-14H2,1-5H3,(H,28,32). The number of ether oxygens (including phenoxy) is 1. The Balaban J connectivity index is 1.32. The van der Waals surface area contributed by atoms with Crippen LogP contribution in [0.1, 0.15) is 43.5 Å². The summed E-state index contributed by atoms with van der Waals surface area (Å²) in [5.74, 6) is 0.701. The molecule has 5 heterocycles. The minimum atomic E-state index is -0.509. The van der Waals surface area contributed by atoms with E-state index < -0.39 is 5.60 Å². The van der Waals surface area contributed by atoms with Gasteiger partial charge in [-0.15, -0.1) is 0 Å². The molecule has 2 aliphatic rings. The first-order valence-electron chi connectivity index (χ1n) is 11.7. The van der Waals surface area contributed by atoms with Crippen molar-refractivity contribution in [2.45, 2.75) is 46.6 Å². The number of hydrogen-bond donors (Lipinski definition) is 1. The van der Waals surface area contributed by atoms with Gasteiger partial charge in [-0.25, -0.2) is 9.89 Å². The number of aromatic nitrogens is 4. The van der Waals surface area contributed by atoms with Crippen molar-refractivity contribution in [1.82, 2.24) is 25.2 Å². The van der Waals surface area contributed by atoms with Crippen molar-refractivity contribution in [3.63, 3.8) is 0 Å². The number of likely N-dealkylation sites (tertiary alicyclic amines) is 1. The van der Waals surface area contributed by atoms with Crippen molar-refractivity contribution in [3.05, 3.63) is 57.5 Å². The van der Waals surface area contributed by atoms with Gasteiger partial charge in [-0.3, -0.25) is 9.78 Å². The van der Waals surface area contributed by atoms with Crippen molar-refractivity contribution in [1.29, 1.82) is 0 Å². The number of hydrogen-bond acceptors (Lipinski definition) is 8. The summed E-state index contributed by atoms with van der Waals surface area (Å²) >= 11 is 0. The smallest absolute Gasteiger partial charge is 0.410 e. The fourth-order valence-corrected chi connectivity index (χ4v) is 4.78. The molecule has 3 aromatic rings. The van der Waals surface area contributed by atoms with E-state index in [1.807, 2.05) is 46.8 Å². The third-order valence-corrected chi connectivity index (χ3v) is 6.48. The first-order valence-corrected chi connectivity index (χ1v) is 11.7. The predicted octanol–water partition coefficient (Wildman–Crippen LogP) is 3.08. The zero-order valence-corrected chi connectivity index (χ0v) is 20.7. The Bertz CT molecular complexity index is 1310. The maximum Gasteiger partial charge on any atom is 0.410 e. The first-order chi connectivity index (χ1) is 16.5. The number of pyridine rings is 1. The monoisotopic (exact) mass is 478 g/mol. The molecule has 10 heteroatoms. The number of nitrogens with one attached hydrogen (secondary N) is 1. The van der Waals surface area contributed by atoms with E-state index in [-0.39, 0.29) is 17.1 Å². The lowest BCUT2D eigenvalue weighted by Crippen LogP contribution is -2.73. The normalized spacial score (nSPS) is 16.7. The van der Waals surface area contributed by atoms with E-state index in [1.165, 1.54) is 0 Å². The maximum absolute atomic E-state index is 12.3. The largest absolute Gasteiger partial charge is 0.444 e. The second-order valence-corrected chi connectivity index (χ2v) is 10.7. The number of aryl methyl sites for hydroxylation is 2. The maximum atomic E-state index is 12.3. The molecule has 0 atom stereocenters. The molecule has 0 unspecified atom stereocenters. The Morgan fingerprint density at radius 2 is 1.94 bits per heavy atom. The number of anilines is 1. The molecule has 1 N–H and O–H groups in total. The molecule has 35 heavy (non-hydrogen) atoms. The van der Waals surface area contributed by atoms with Gasteiger partial charge in [0.2, 0.25) is 0 Å². The molecule has 0 bridgehead atoms. The van der Waals surface area contributed by atoms with E-state index in [1.54, 1.807) is 17.2 Å². The van der Waals surface area contributed by atoms with Crippen LogP contribution in [0.25, 0.3) is 11.3 Å². The lowest BCUT2D eigenvalue weighted by molar-refractivity contribution is -0.0453. The van der Waals surface area contributed by atoms with E-state index in [9.17, 15) is 9.59 Å². The Morgan fingerprint density at radius 3 is 2.60 bits per heavy atom. The summed E-state index contributed by atoms with van der Waals surface area (Å²) < 4.78 is 11.0. The van der Waals surface area contributed by atoms with Crippen LogP contribution in [0.15, 0.2) is 33.7 Å². The van der Waals surface area contributed by atoms with Crippen LogP contribution in [0.2, 0.25) is 0 Å². The average Bonchev–Trinajstić information content (AvgIpc) is 3.07. The molecule has 0 aromatic carbocycles. The van der Waals surface area contributed by atoms with Gasteiger partial charge in [0, 0.05) is 67.1 Å². The molecule has 2 saturated heterocycles. The fourth-order valence-electron chi connectivity index (χ4n) is 4.78. The molecule has 1 amide bonds. The Kier molecular flexibility index (Phi) is 5.41. The summed E-state index contributed by atoms with van der Waals surface area (Å²) in [6.45, 7) is 12.2. The third kappa shape index (κ3) is 4.52. The molecular weight excluding hydrogens is 448 g/mol. The summed E-state index contributed by atoms with van der Waals surface area (Å²) in [6, 6.07) is 5.50. The molecule has 3 aromatic heterocycles. The lowest BCUT2D eigenvalue weighted by Gasteiger charge is -2.60. The summed E-state index contributed by atoms with van der Waals surface area (Å²) in [7, 11) is 0. The van der Waals surface area contributed by atoms with Crippen molar-refractivity contribution < 1.29 is 14.1 Å². The molecule has 184 valence electrons. The number of aromatic amines is 1. The van der Waals surface area contributed by atoms with Gasteiger partial charge in [0.15, 0.2) is 0 Å². The van der Waals surface area contributed by atoms with E-state index in [4.69, 9.17) is 9.26 Å². The van der Waals surface area contributed by atoms with Crippen molar-refractivity contribution in [2.75, 3.05) is 31.1 Å². The average molecular weight is 479 g/mol. The van der Waals surface area contributed by atoms with E-state index in [0.29, 0.717) is 25.3 Å². The van der Waals surface area contributed by atoms with E-state index in [0.717, 1.165) is 47.0 Å². The van der Waals surface area contributed by atoms with Crippen molar-refractivity contribution in [2.24, 2.45) is 5.41 Å². The van der Waals surface area contributed by atoms with Crippen LogP contribution >= 0.6 is 0 Å². The first kappa shape index (κ1) is 23.1. The van der Waals surface area contributed by atoms with Gasteiger partial charge in [-0.2, -0.15) is 5.10 Å². The van der Waals surface area contributed by atoms with Gasteiger partial charge in [0.05, 0.1) is 11.4 Å². The highest BCUT2D eigenvalue weighted by molar-refractivity contribution is 5.70. The van der Waals surface area contributed by atoms with Gasteiger partial charge >= 0.3 is 6.09 Å². The fraction of sp³-hybridized carbons (Fsp3) is 0.480. The van der Waals surface area contributed by atoms with Crippen molar-refractivity contribution >= 4 is 11.8 Å². The Hall–Kier alpha value is -3.69. The van der Waals surface area contributed by atoms with Crippen LogP contribution in [-0.4, -0.2) is 63.1 Å². The van der Waals surface area contributed by atoms with Crippen LogP contribution in [0.3, 0.4) is 0 Å². The topological polar surface area (TPSA) is 117 Å². The Morgan fingerprint density at radius 1 is 1.20 bits per heavy atom. The number of nitrogens with zero attached hydrogens (tertiary/aromatic N) is 5. The molecular formula is C25H30N6O4. The van der Waals surface area contributed by atoms with Gasteiger partial charge in [-0.1, -0.05) is 5.16 Å². The number of carbonyl (C=O) groups is 1. The summed E-state index contributed by atoms with van der Waals surface area (Å²) in [5.41, 5.74) is 4.24. The summed E-state index contributed by atoms with van der Waals surface area (Å²) in [5, 5.41) is 11.2. The number of amides is 1. The lowest BCUT2D eigenvalue weighted by atomic mass is 9.72. The van der Waals surface area contributed by atoms with Crippen LogP contribution < -0.4 is 10.5 Å². The second-order valence-electron chi connectivity index (χ2n) is 10.7. The minimum absolute atomic E-state index is 0.0304. The number of H-pyrrole nitrogens is 1. The van der Waals surface area contributed by atoms with E-state index >= 15 is 0 Å². The Labute approximate surface area is 203 Å². The van der Waals surface area contributed by atoms with Gasteiger partial charge in [0.1, 0.15) is 17.1 Å². The number of rotatable bonds is 4. The van der Waals surface area contributed by atoms with Gasteiger partial charge < -0.3 is 19.1 Å². The van der Waals surface area contributed by atoms with Crippen LogP contribution in [-0.2, 0) is 11.2 Å². The van der Waals surface area contributed by atoms with Crippen LogP contribution in [0, 0.1) is 19.3 Å². The molecule has 0 radical (unpaired) electrons. The zero-order chi connectivity index (χ0) is 25.0. The van der Waals surface area contributed by atoms with Crippen LogP contribution in [0.4, 0.5) is 10.5 Å². The molecule has 0 saturated carbocycles. The van der Waals surface area contributed by atoms with Crippen LogP contribution in [0.5, 0.6) is 0 Å². The summed E-state index contributed by atoms with van der Waals surface area (Å²) in [4.78, 5) is 32.7. The predicted molar refractivity (Wildman–Crippen MR) is 129 cm³/mol. The molecule has 2 fully saturated rings. The molecule has 5 rings (SSSR count). The van der Waals surface area contributed by atoms with Crippen molar-refractivity contribution in [3.8, 4) is 11.3 Å². The molecule has 10 nitrogen and oxygen atoms in total. The highest BCUT2D eigenvalue weighted by atomic mass is 16.6. The molecule has 1 spiro atoms. The van der Waals surface area contributed by atoms with Gasteiger partial charge in [0.25, 0.3) is 5.56 Å². The minimum Gasteiger partial charge on any atom is -0.444 e. The highest BCUT2D eigenvalue weighted by Gasteiger charge is 2.54. The SMILES string of the molecule is Cc1ccc(-c2noc(C)c2Cc2n[nH]c(=O)cc2N2CC3(CN(C(=O)OC(C)(C)C)C3)C2)cn1. The quantitative estimate of drug-likeness (QED) is 0.608. The van der Waals surface area contributed by atoms with E-state index in [2.05, 4.69) is 25.2 Å². The third-order valence-electron chi connectivity index (χ3n) is 6.48. The second kappa shape index (κ2) is 8.21. The zero-order valence-electron chi connectivity index (χ0n) is 20.7. The van der Waals surface area contributed by atoms with Gasteiger partial charge in [-0.05, 0) is 46.8 Å². The summed E-state index contributed by atoms with van der Waals surface area (Å²) in [6.07, 6.45) is 1.96. The highest BCUT2D eigenvalue weighted by Crippen LogP contribution is 2.43. The molecule has 0 aliphatic carbocycles. The number of carbonyl (C=O) groups excluding carboxylic acids is 1. The molecule has 2 aliphatic heterocycles.